The number of nitrogens with one attached hydrogen (secondary N) is 1. The Bertz CT molecular complexity index is 588. The Morgan fingerprint density at radius 3 is 2.72 bits per heavy atom. The van der Waals surface area contributed by atoms with Gasteiger partial charge in [0.15, 0.2) is 5.76 Å². The topological polar surface area (TPSA) is 67.8 Å². The minimum atomic E-state index is -0.497. The third-order valence-electron chi connectivity index (χ3n) is 4.30. The molecule has 2 rings (SSSR count). The number of amides is 1. The summed E-state index contributed by atoms with van der Waals surface area (Å²) in [6.07, 6.45) is 2.74. The van der Waals surface area contributed by atoms with E-state index in [1.165, 1.54) is 12.1 Å². The summed E-state index contributed by atoms with van der Waals surface area (Å²) in [6, 6.07) is 5.97. The highest BCUT2D eigenvalue weighted by atomic mass is 19.1. The van der Waals surface area contributed by atoms with Gasteiger partial charge in [-0.3, -0.25) is 4.79 Å². The van der Waals surface area contributed by atoms with Gasteiger partial charge in [0.05, 0.1) is 0 Å². The average molecular weight is 351 g/mol. The van der Waals surface area contributed by atoms with Gasteiger partial charge in [-0.2, -0.15) is 0 Å². The Kier molecular flexibility index (Phi) is 7.40. The maximum atomic E-state index is 12.9. The molecule has 1 aliphatic heterocycles. The second-order valence-electron chi connectivity index (χ2n) is 6.17. The summed E-state index contributed by atoms with van der Waals surface area (Å²) in [4.78, 5) is 12.4. The van der Waals surface area contributed by atoms with Crippen molar-refractivity contribution in [1.82, 2.24) is 5.32 Å². The molecule has 0 aromatic heterocycles. The maximum Gasteiger partial charge on any atom is 0.286 e. The molecule has 0 saturated heterocycles. The van der Waals surface area contributed by atoms with Gasteiger partial charge in [-0.15, -0.1) is 0 Å². The fourth-order valence-electron chi connectivity index (χ4n) is 2.91. The van der Waals surface area contributed by atoms with E-state index in [0.29, 0.717) is 19.6 Å². The first kappa shape index (κ1) is 19.4. The molecule has 0 unspecified atom stereocenters. The number of halogens is 1. The number of carbonyl (C=O) groups excluding carboxylic acids is 1. The molecule has 1 aromatic carbocycles. The summed E-state index contributed by atoms with van der Waals surface area (Å²) in [6.45, 7) is 4.79. The van der Waals surface area contributed by atoms with Crippen LogP contribution in [0.1, 0.15) is 32.3 Å². The Labute approximate surface area is 147 Å². The van der Waals surface area contributed by atoms with E-state index in [9.17, 15) is 9.18 Å². The highest BCUT2D eigenvalue weighted by Gasteiger charge is 2.34. The molecule has 2 N–H and O–H groups in total. The number of hydrogen-bond acceptors (Lipinski definition) is 4. The zero-order chi connectivity index (χ0) is 18.2. The average Bonchev–Trinajstić information content (AvgIpc) is 2.60. The number of ether oxygens (including phenoxy) is 2. The van der Waals surface area contributed by atoms with Crippen LogP contribution in [-0.2, 0) is 20.8 Å². The first-order chi connectivity index (χ1) is 12.0. The quantitative estimate of drug-likeness (QED) is 0.756. The maximum absolute atomic E-state index is 12.9. The monoisotopic (exact) mass is 351 g/mol. The molecule has 0 fully saturated rings. The third-order valence-corrected chi connectivity index (χ3v) is 4.30. The Morgan fingerprint density at radius 2 is 2.08 bits per heavy atom. The molecule has 0 spiro atoms. The smallest absolute Gasteiger partial charge is 0.286 e. The van der Waals surface area contributed by atoms with Crippen molar-refractivity contribution in [3.05, 3.63) is 47.5 Å². The van der Waals surface area contributed by atoms with Gasteiger partial charge in [0.2, 0.25) is 6.29 Å². The third kappa shape index (κ3) is 5.54. The van der Waals surface area contributed by atoms with Crippen molar-refractivity contribution in [2.24, 2.45) is 11.8 Å². The highest BCUT2D eigenvalue weighted by molar-refractivity contribution is 5.91. The molecule has 25 heavy (non-hydrogen) atoms. The minimum Gasteiger partial charge on any atom is -0.459 e. The predicted molar refractivity (Wildman–Crippen MR) is 91.8 cm³/mol. The van der Waals surface area contributed by atoms with Crippen molar-refractivity contribution < 1.29 is 23.8 Å². The van der Waals surface area contributed by atoms with Crippen molar-refractivity contribution in [2.45, 2.75) is 39.5 Å². The van der Waals surface area contributed by atoms with E-state index >= 15 is 0 Å². The predicted octanol–water partition coefficient (Wildman–Crippen LogP) is 2.74. The fourth-order valence-corrected chi connectivity index (χ4v) is 2.91. The summed E-state index contributed by atoms with van der Waals surface area (Å²) in [7, 11) is 0. The van der Waals surface area contributed by atoms with Crippen LogP contribution < -0.4 is 5.32 Å². The Hall–Kier alpha value is -1.92. The van der Waals surface area contributed by atoms with Crippen LogP contribution in [0.4, 0.5) is 4.39 Å². The number of carbonyl (C=O) groups is 1. The Morgan fingerprint density at radius 1 is 1.36 bits per heavy atom. The van der Waals surface area contributed by atoms with Crippen LogP contribution in [0.25, 0.3) is 0 Å². The first-order valence-corrected chi connectivity index (χ1v) is 8.68. The Balaban J connectivity index is 1.99. The largest absolute Gasteiger partial charge is 0.459 e. The van der Waals surface area contributed by atoms with Gasteiger partial charge < -0.3 is 19.9 Å². The highest BCUT2D eigenvalue weighted by Crippen LogP contribution is 2.32. The van der Waals surface area contributed by atoms with E-state index in [4.69, 9.17) is 14.6 Å². The summed E-state index contributed by atoms with van der Waals surface area (Å²) < 4.78 is 24.3. The normalized spacial score (nSPS) is 22.9. The van der Waals surface area contributed by atoms with E-state index in [0.717, 1.165) is 12.0 Å². The van der Waals surface area contributed by atoms with E-state index in [1.54, 1.807) is 18.2 Å². The van der Waals surface area contributed by atoms with Gasteiger partial charge in [0.1, 0.15) is 5.82 Å². The molecule has 6 heteroatoms. The molecule has 1 aliphatic rings. The number of aliphatic hydroxyl groups is 1. The first-order valence-electron chi connectivity index (χ1n) is 8.68. The SMILES string of the molecule is CCO[C@@H]1OC(C(=O)NCc2ccc(F)cc2)=C[C@H](C)[C@H]1CCCO. The van der Waals surface area contributed by atoms with Crippen molar-refractivity contribution in [3.8, 4) is 0 Å². The molecule has 3 atom stereocenters. The molecular formula is C19H26FNO4. The molecule has 0 radical (unpaired) electrons. The molecule has 1 heterocycles. The molecule has 0 bridgehead atoms. The molecule has 1 amide bonds. The van der Waals surface area contributed by atoms with Crippen LogP contribution in [0.3, 0.4) is 0 Å². The van der Waals surface area contributed by atoms with E-state index in [2.05, 4.69) is 5.32 Å². The summed E-state index contributed by atoms with van der Waals surface area (Å²) in [5.41, 5.74) is 0.807. The number of allylic oxidation sites excluding steroid dienone is 1. The van der Waals surface area contributed by atoms with E-state index < -0.39 is 6.29 Å². The zero-order valence-electron chi connectivity index (χ0n) is 14.7. The molecular weight excluding hydrogens is 325 g/mol. The van der Waals surface area contributed by atoms with Crippen molar-refractivity contribution in [1.29, 1.82) is 0 Å². The lowest BCUT2D eigenvalue weighted by Gasteiger charge is -2.35. The minimum absolute atomic E-state index is 0.0979. The lowest BCUT2D eigenvalue weighted by molar-refractivity contribution is -0.171. The van der Waals surface area contributed by atoms with Crippen molar-refractivity contribution in [3.63, 3.8) is 0 Å². The summed E-state index contributed by atoms with van der Waals surface area (Å²) in [5, 5.41) is 11.8. The molecule has 0 aliphatic carbocycles. The second kappa shape index (κ2) is 9.53. The van der Waals surface area contributed by atoms with Crippen LogP contribution in [0.15, 0.2) is 36.1 Å². The zero-order valence-corrected chi connectivity index (χ0v) is 14.7. The van der Waals surface area contributed by atoms with Gasteiger partial charge in [-0.25, -0.2) is 4.39 Å². The summed E-state index contributed by atoms with van der Waals surface area (Å²) in [5.74, 6) is -0.185. The number of aliphatic hydroxyl groups excluding tert-OH is 1. The van der Waals surface area contributed by atoms with Gasteiger partial charge in [0.25, 0.3) is 5.91 Å². The number of benzene rings is 1. The lowest BCUT2D eigenvalue weighted by Crippen LogP contribution is -2.38. The van der Waals surface area contributed by atoms with E-state index in [1.807, 2.05) is 13.8 Å². The number of hydrogen-bond donors (Lipinski definition) is 2. The fraction of sp³-hybridized carbons (Fsp3) is 0.526. The molecule has 1 aromatic rings. The van der Waals surface area contributed by atoms with Gasteiger partial charge in [0, 0.05) is 25.7 Å². The summed E-state index contributed by atoms with van der Waals surface area (Å²) >= 11 is 0. The van der Waals surface area contributed by atoms with E-state index in [-0.39, 0.29) is 35.9 Å². The van der Waals surface area contributed by atoms with Crippen LogP contribution in [0, 0.1) is 17.7 Å². The van der Waals surface area contributed by atoms with Gasteiger partial charge in [-0.05, 0) is 49.5 Å². The molecule has 5 nitrogen and oxygen atoms in total. The van der Waals surface area contributed by atoms with Crippen LogP contribution in [-0.4, -0.2) is 30.5 Å². The van der Waals surface area contributed by atoms with Gasteiger partial charge >= 0.3 is 0 Å². The van der Waals surface area contributed by atoms with Crippen LogP contribution in [0.5, 0.6) is 0 Å². The van der Waals surface area contributed by atoms with Crippen LogP contribution >= 0.6 is 0 Å². The van der Waals surface area contributed by atoms with Gasteiger partial charge in [-0.1, -0.05) is 19.1 Å². The van der Waals surface area contributed by atoms with Crippen LogP contribution in [0.2, 0.25) is 0 Å². The molecule has 0 saturated carbocycles. The molecule has 138 valence electrons. The lowest BCUT2D eigenvalue weighted by atomic mass is 9.87. The standard InChI is InChI=1S/C19H26FNO4/c1-3-24-19-16(5-4-10-22)13(2)11-17(25-19)18(23)21-12-14-6-8-15(20)9-7-14/h6-9,11,13,16,19,22H,3-5,10,12H2,1-2H3,(H,21,23)/t13-,16+,19+/m0/s1. The van der Waals surface area contributed by atoms with Crippen molar-refractivity contribution in [2.75, 3.05) is 13.2 Å². The number of rotatable bonds is 8. The second-order valence-corrected chi connectivity index (χ2v) is 6.17. The van der Waals surface area contributed by atoms with Crippen molar-refractivity contribution >= 4 is 5.91 Å².